The molecule has 1 aromatic carbocycles. The minimum Gasteiger partial charge on any atom is -0.395 e. The highest BCUT2D eigenvalue weighted by atomic mass is 79.9. The topological polar surface area (TPSA) is 52.6 Å². The summed E-state index contributed by atoms with van der Waals surface area (Å²) in [6, 6.07) is 5.36. The highest BCUT2D eigenvalue weighted by molar-refractivity contribution is 9.10. The van der Waals surface area contributed by atoms with Crippen LogP contribution in [0.2, 0.25) is 0 Å². The van der Waals surface area contributed by atoms with Crippen LogP contribution in [-0.2, 0) is 0 Å². The molecular weight excluding hydrogens is 272 g/mol. The maximum absolute atomic E-state index is 11.6. The number of aliphatic hydroxyl groups excluding tert-OH is 1. The number of nitrogens with one attached hydrogen (secondary N) is 1. The Kier molecular flexibility index (Phi) is 4.76. The van der Waals surface area contributed by atoms with Gasteiger partial charge in [0.1, 0.15) is 0 Å². The van der Waals surface area contributed by atoms with Crippen molar-refractivity contribution in [3.63, 3.8) is 0 Å². The van der Waals surface area contributed by atoms with Crippen LogP contribution in [0.25, 0.3) is 0 Å². The van der Waals surface area contributed by atoms with E-state index in [4.69, 9.17) is 5.11 Å². The first-order chi connectivity index (χ1) is 7.54. The second-order valence-corrected chi connectivity index (χ2v) is 4.39. The molecule has 88 valence electrons. The summed E-state index contributed by atoms with van der Waals surface area (Å²) in [5.41, 5.74) is 1.80. The minimum absolute atomic E-state index is 0.0384. The van der Waals surface area contributed by atoms with Crippen LogP contribution in [0.4, 0.5) is 10.5 Å². The number of halogens is 1. The van der Waals surface area contributed by atoms with Crippen molar-refractivity contribution in [3.8, 4) is 0 Å². The van der Waals surface area contributed by atoms with Crippen LogP contribution in [-0.4, -0.2) is 36.2 Å². The molecule has 5 heteroatoms. The summed E-state index contributed by atoms with van der Waals surface area (Å²) in [6.07, 6.45) is 0. The fourth-order valence-corrected chi connectivity index (χ4v) is 1.44. The molecule has 0 aliphatic rings. The van der Waals surface area contributed by atoms with Crippen molar-refractivity contribution < 1.29 is 9.90 Å². The average molecular weight is 287 g/mol. The third kappa shape index (κ3) is 3.50. The Morgan fingerprint density at radius 1 is 1.56 bits per heavy atom. The Bertz CT molecular complexity index is 382. The number of urea groups is 1. The summed E-state index contributed by atoms with van der Waals surface area (Å²) in [6.45, 7) is 2.24. The number of nitrogens with zero attached hydrogens (tertiary/aromatic N) is 1. The van der Waals surface area contributed by atoms with Crippen LogP contribution in [0.3, 0.4) is 0 Å². The van der Waals surface area contributed by atoms with Gasteiger partial charge in [-0.15, -0.1) is 0 Å². The quantitative estimate of drug-likeness (QED) is 0.895. The van der Waals surface area contributed by atoms with E-state index in [1.807, 2.05) is 25.1 Å². The van der Waals surface area contributed by atoms with E-state index in [0.29, 0.717) is 6.54 Å². The van der Waals surface area contributed by atoms with E-state index in [9.17, 15) is 4.79 Å². The summed E-state index contributed by atoms with van der Waals surface area (Å²) in [7, 11) is 1.64. The summed E-state index contributed by atoms with van der Waals surface area (Å²) < 4.78 is 1.01. The van der Waals surface area contributed by atoms with Gasteiger partial charge in [-0.25, -0.2) is 4.79 Å². The Morgan fingerprint density at radius 3 is 2.81 bits per heavy atom. The standard InChI is InChI=1S/C11H15BrN2O2/c1-8-7-9(3-4-10(8)12)13-11(16)14(2)5-6-15/h3-4,7,15H,5-6H2,1-2H3,(H,13,16). The number of anilines is 1. The molecule has 1 rings (SSSR count). The van der Waals surface area contributed by atoms with E-state index in [0.717, 1.165) is 15.7 Å². The number of amides is 2. The van der Waals surface area contributed by atoms with E-state index >= 15 is 0 Å². The lowest BCUT2D eigenvalue weighted by atomic mass is 10.2. The summed E-state index contributed by atoms with van der Waals surface area (Å²) in [5, 5.41) is 11.5. The van der Waals surface area contributed by atoms with E-state index in [1.165, 1.54) is 4.90 Å². The summed E-state index contributed by atoms with van der Waals surface area (Å²) >= 11 is 3.39. The Hall–Kier alpha value is -1.07. The lowest BCUT2D eigenvalue weighted by Gasteiger charge is -2.16. The third-order valence-electron chi connectivity index (χ3n) is 2.19. The molecule has 4 nitrogen and oxygen atoms in total. The molecule has 0 atom stereocenters. The van der Waals surface area contributed by atoms with Crippen molar-refractivity contribution in [2.45, 2.75) is 6.92 Å². The lowest BCUT2D eigenvalue weighted by Crippen LogP contribution is -2.33. The second-order valence-electron chi connectivity index (χ2n) is 3.54. The van der Waals surface area contributed by atoms with Gasteiger partial charge in [-0.1, -0.05) is 15.9 Å². The second kappa shape index (κ2) is 5.86. The van der Waals surface area contributed by atoms with E-state index in [-0.39, 0.29) is 12.6 Å². The van der Waals surface area contributed by atoms with Crippen molar-refractivity contribution in [3.05, 3.63) is 28.2 Å². The zero-order chi connectivity index (χ0) is 12.1. The van der Waals surface area contributed by atoms with Crippen LogP contribution < -0.4 is 5.32 Å². The van der Waals surface area contributed by atoms with Gasteiger partial charge in [0.15, 0.2) is 0 Å². The maximum Gasteiger partial charge on any atom is 0.321 e. The number of hydrogen-bond donors (Lipinski definition) is 2. The van der Waals surface area contributed by atoms with Crippen LogP contribution in [0.1, 0.15) is 5.56 Å². The molecule has 0 radical (unpaired) electrons. The summed E-state index contributed by atoms with van der Waals surface area (Å²) in [4.78, 5) is 13.0. The van der Waals surface area contributed by atoms with Crippen LogP contribution >= 0.6 is 15.9 Å². The van der Waals surface area contributed by atoms with Crippen LogP contribution in [0.5, 0.6) is 0 Å². The molecule has 0 spiro atoms. The Labute approximate surface area is 103 Å². The first-order valence-corrected chi connectivity index (χ1v) is 5.73. The molecule has 0 aromatic heterocycles. The number of benzene rings is 1. The van der Waals surface area contributed by atoms with Crippen molar-refractivity contribution in [1.82, 2.24) is 4.90 Å². The number of aryl methyl sites for hydroxylation is 1. The monoisotopic (exact) mass is 286 g/mol. The first-order valence-electron chi connectivity index (χ1n) is 4.93. The van der Waals surface area contributed by atoms with Gasteiger partial charge in [-0.05, 0) is 30.7 Å². The molecule has 0 fully saturated rings. The fraction of sp³-hybridized carbons (Fsp3) is 0.364. The predicted molar refractivity (Wildman–Crippen MR) is 67.6 cm³/mol. The minimum atomic E-state index is -0.226. The van der Waals surface area contributed by atoms with E-state index < -0.39 is 0 Å². The highest BCUT2D eigenvalue weighted by Crippen LogP contribution is 2.20. The molecule has 2 amide bonds. The average Bonchev–Trinajstić information content (AvgIpc) is 2.24. The number of hydrogen-bond acceptors (Lipinski definition) is 2. The third-order valence-corrected chi connectivity index (χ3v) is 3.08. The predicted octanol–water partition coefficient (Wildman–Crippen LogP) is 2.21. The number of carbonyl (C=O) groups is 1. The van der Waals surface area contributed by atoms with Crippen LogP contribution in [0, 0.1) is 6.92 Å². The molecule has 0 saturated heterocycles. The van der Waals surface area contributed by atoms with Crippen molar-refractivity contribution in [2.75, 3.05) is 25.5 Å². The van der Waals surface area contributed by atoms with Gasteiger partial charge in [0.2, 0.25) is 0 Å². The molecule has 2 N–H and O–H groups in total. The molecule has 0 aliphatic heterocycles. The molecule has 0 bridgehead atoms. The molecule has 0 heterocycles. The van der Waals surface area contributed by atoms with Gasteiger partial charge in [-0.3, -0.25) is 0 Å². The largest absolute Gasteiger partial charge is 0.395 e. The highest BCUT2D eigenvalue weighted by Gasteiger charge is 2.08. The van der Waals surface area contributed by atoms with Crippen molar-refractivity contribution >= 4 is 27.6 Å². The maximum atomic E-state index is 11.6. The normalized spacial score (nSPS) is 10.0. The SMILES string of the molecule is Cc1cc(NC(=O)N(C)CCO)ccc1Br. The smallest absolute Gasteiger partial charge is 0.321 e. The van der Waals surface area contributed by atoms with E-state index in [2.05, 4.69) is 21.2 Å². The van der Waals surface area contributed by atoms with Gasteiger partial charge in [-0.2, -0.15) is 0 Å². The Morgan fingerprint density at radius 2 is 2.25 bits per heavy atom. The van der Waals surface area contributed by atoms with Gasteiger partial charge >= 0.3 is 6.03 Å². The fourth-order valence-electron chi connectivity index (χ4n) is 1.19. The number of carbonyl (C=O) groups excluding carboxylic acids is 1. The molecule has 0 aliphatic carbocycles. The van der Waals surface area contributed by atoms with Gasteiger partial charge in [0, 0.05) is 23.8 Å². The van der Waals surface area contributed by atoms with Crippen molar-refractivity contribution in [1.29, 1.82) is 0 Å². The van der Waals surface area contributed by atoms with Crippen LogP contribution in [0.15, 0.2) is 22.7 Å². The zero-order valence-electron chi connectivity index (χ0n) is 9.33. The zero-order valence-corrected chi connectivity index (χ0v) is 10.9. The Balaban J connectivity index is 2.66. The van der Waals surface area contributed by atoms with E-state index in [1.54, 1.807) is 7.05 Å². The molecule has 16 heavy (non-hydrogen) atoms. The number of likely N-dealkylation sites (N-methyl/N-ethyl adjacent to an activating group) is 1. The summed E-state index contributed by atoms with van der Waals surface area (Å²) in [5.74, 6) is 0. The van der Waals surface area contributed by atoms with Crippen molar-refractivity contribution in [2.24, 2.45) is 0 Å². The van der Waals surface area contributed by atoms with Gasteiger partial charge < -0.3 is 15.3 Å². The first kappa shape index (κ1) is 13.0. The molecule has 0 unspecified atom stereocenters. The van der Waals surface area contributed by atoms with Gasteiger partial charge in [0.25, 0.3) is 0 Å². The lowest BCUT2D eigenvalue weighted by molar-refractivity contribution is 0.202. The molecule has 0 saturated carbocycles. The van der Waals surface area contributed by atoms with Gasteiger partial charge in [0.05, 0.1) is 6.61 Å². The molecular formula is C11H15BrN2O2. The number of aliphatic hydroxyl groups is 1. The molecule has 1 aromatic rings. The number of rotatable bonds is 3.